The first-order chi connectivity index (χ1) is 16.3. The first kappa shape index (κ1) is 24.0. The van der Waals surface area contributed by atoms with Gasteiger partial charge in [-0.1, -0.05) is 32.1 Å². The topological polar surface area (TPSA) is 140 Å². The molecular weight excluding hydrogens is 444 g/mol. The molecule has 0 spiro atoms. The summed E-state index contributed by atoms with van der Waals surface area (Å²) < 4.78 is 15.7. The smallest absolute Gasteiger partial charge is 0.341 e. The van der Waals surface area contributed by atoms with E-state index >= 15 is 0 Å². The number of carbonyl (C=O) groups excluding carboxylic acids is 3. The molecule has 4 unspecified atom stereocenters. The van der Waals surface area contributed by atoms with E-state index in [0.29, 0.717) is 5.75 Å². The second kappa shape index (κ2) is 9.25. The van der Waals surface area contributed by atoms with Crippen LogP contribution in [0.25, 0.3) is 0 Å². The predicted molar refractivity (Wildman–Crippen MR) is 118 cm³/mol. The lowest BCUT2D eigenvalue weighted by atomic mass is 9.72. The van der Waals surface area contributed by atoms with E-state index in [1.54, 1.807) is 6.07 Å². The molecule has 2 aliphatic heterocycles. The molecule has 3 aliphatic rings. The Morgan fingerprint density at radius 2 is 1.76 bits per heavy atom. The van der Waals surface area contributed by atoms with Crippen molar-refractivity contribution in [2.45, 2.75) is 50.1 Å². The zero-order valence-corrected chi connectivity index (χ0v) is 19.5. The summed E-state index contributed by atoms with van der Waals surface area (Å²) in [4.78, 5) is 51.5. The quantitative estimate of drug-likeness (QED) is 0.399. The third-order valence-corrected chi connectivity index (χ3v) is 7.50. The van der Waals surface area contributed by atoms with E-state index in [-0.39, 0.29) is 29.2 Å². The molecule has 2 saturated heterocycles. The summed E-state index contributed by atoms with van der Waals surface area (Å²) in [6.07, 6.45) is 5.06. The minimum atomic E-state index is -1.66. The summed E-state index contributed by atoms with van der Waals surface area (Å²) in [6.45, 7) is 0. The highest BCUT2D eigenvalue weighted by Crippen LogP contribution is 2.51. The van der Waals surface area contributed by atoms with Crippen LogP contribution in [0.1, 0.15) is 60.5 Å². The number of nitrogens with one attached hydrogen (secondary N) is 2. The van der Waals surface area contributed by atoms with Crippen molar-refractivity contribution in [2.75, 3.05) is 21.3 Å². The second-order valence-corrected chi connectivity index (χ2v) is 9.25. The molecule has 4 rings (SSSR count). The minimum Gasteiger partial charge on any atom is -0.497 e. The molecule has 0 aromatic heterocycles. The van der Waals surface area contributed by atoms with Gasteiger partial charge in [0.1, 0.15) is 22.6 Å². The number of fused-ring (bicyclic) bond motifs is 1. The SMILES string of the molecule is COC(=O)c1c(OC)cc(OC)cc1C1NC(CC2CCCCC2)(C(=O)O)C2C(=O)NC(=O)C12. The van der Waals surface area contributed by atoms with Gasteiger partial charge in [-0.25, -0.2) is 4.79 Å². The number of carboxylic acids is 1. The molecule has 1 aromatic carbocycles. The van der Waals surface area contributed by atoms with Crippen molar-refractivity contribution in [3.63, 3.8) is 0 Å². The van der Waals surface area contributed by atoms with Crippen LogP contribution in [0.2, 0.25) is 0 Å². The number of hydrogen-bond donors (Lipinski definition) is 3. The number of benzene rings is 1. The van der Waals surface area contributed by atoms with Gasteiger partial charge < -0.3 is 19.3 Å². The Kier molecular flexibility index (Phi) is 6.53. The van der Waals surface area contributed by atoms with Crippen LogP contribution in [0.3, 0.4) is 0 Å². The first-order valence-electron chi connectivity index (χ1n) is 11.5. The number of amides is 2. The van der Waals surface area contributed by atoms with Crippen molar-refractivity contribution >= 4 is 23.8 Å². The summed E-state index contributed by atoms with van der Waals surface area (Å²) in [6, 6.07) is 2.11. The number of imide groups is 1. The molecule has 0 radical (unpaired) electrons. The fourth-order valence-electron chi connectivity index (χ4n) is 5.97. The van der Waals surface area contributed by atoms with Crippen molar-refractivity contribution in [1.29, 1.82) is 0 Å². The van der Waals surface area contributed by atoms with Gasteiger partial charge in [-0.3, -0.25) is 25.0 Å². The summed E-state index contributed by atoms with van der Waals surface area (Å²) in [5.74, 6) is -4.60. The van der Waals surface area contributed by atoms with Crippen LogP contribution in [0.4, 0.5) is 0 Å². The van der Waals surface area contributed by atoms with Crippen LogP contribution >= 0.6 is 0 Å². The lowest BCUT2D eigenvalue weighted by Crippen LogP contribution is -2.56. The number of hydrogen-bond acceptors (Lipinski definition) is 8. The number of aliphatic carboxylic acids is 1. The molecule has 2 heterocycles. The van der Waals surface area contributed by atoms with E-state index in [0.717, 1.165) is 32.1 Å². The monoisotopic (exact) mass is 474 g/mol. The van der Waals surface area contributed by atoms with Crippen molar-refractivity contribution < 1.29 is 38.5 Å². The Morgan fingerprint density at radius 1 is 1.06 bits per heavy atom. The number of esters is 1. The van der Waals surface area contributed by atoms with Crippen LogP contribution in [0.5, 0.6) is 11.5 Å². The minimum absolute atomic E-state index is 0.0491. The molecule has 184 valence electrons. The molecule has 3 fully saturated rings. The van der Waals surface area contributed by atoms with Gasteiger partial charge in [0.05, 0.1) is 33.2 Å². The third-order valence-electron chi connectivity index (χ3n) is 7.50. The Balaban J connectivity index is 1.87. The number of rotatable bonds is 7. The van der Waals surface area contributed by atoms with Gasteiger partial charge in [-0.15, -0.1) is 0 Å². The van der Waals surface area contributed by atoms with Gasteiger partial charge in [0.25, 0.3) is 0 Å². The van der Waals surface area contributed by atoms with Crippen LogP contribution in [-0.2, 0) is 19.1 Å². The Labute approximate surface area is 197 Å². The third kappa shape index (κ3) is 3.79. The zero-order chi connectivity index (χ0) is 24.6. The highest BCUT2D eigenvalue weighted by atomic mass is 16.5. The fourth-order valence-corrected chi connectivity index (χ4v) is 5.97. The number of methoxy groups -OCH3 is 3. The van der Waals surface area contributed by atoms with Gasteiger partial charge in [0, 0.05) is 12.1 Å². The van der Waals surface area contributed by atoms with Gasteiger partial charge in [0.2, 0.25) is 11.8 Å². The predicted octanol–water partition coefficient (Wildman–Crippen LogP) is 1.82. The van der Waals surface area contributed by atoms with E-state index in [1.165, 1.54) is 27.4 Å². The largest absolute Gasteiger partial charge is 0.497 e. The van der Waals surface area contributed by atoms with Crippen LogP contribution < -0.4 is 20.1 Å². The molecule has 3 N–H and O–H groups in total. The summed E-state index contributed by atoms with van der Waals surface area (Å²) in [7, 11) is 4.04. The maximum atomic E-state index is 13.0. The van der Waals surface area contributed by atoms with Gasteiger partial charge in [-0.05, 0) is 24.0 Å². The molecule has 2 amide bonds. The Bertz CT molecular complexity index is 1020. The summed E-state index contributed by atoms with van der Waals surface area (Å²) in [5.41, 5.74) is -1.32. The van der Waals surface area contributed by atoms with Crippen molar-refractivity contribution in [3.05, 3.63) is 23.3 Å². The second-order valence-electron chi connectivity index (χ2n) is 9.25. The lowest BCUT2D eigenvalue weighted by Gasteiger charge is -2.35. The molecule has 1 aromatic rings. The maximum absolute atomic E-state index is 13.0. The summed E-state index contributed by atoms with van der Waals surface area (Å²) >= 11 is 0. The van der Waals surface area contributed by atoms with E-state index < -0.39 is 47.2 Å². The van der Waals surface area contributed by atoms with Gasteiger partial charge in [0.15, 0.2) is 0 Å². The molecule has 10 nitrogen and oxygen atoms in total. The van der Waals surface area contributed by atoms with Crippen LogP contribution in [0, 0.1) is 17.8 Å². The molecule has 1 saturated carbocycles. The molecule has 1 aliphatic carbocycles. The lowest BCUT2D eigenvalue weighted by molar-refractivity contribution is -0.150. The first-order valence-corrected chi connectivity index (χ1v) is 11.5. The van der Waals surface area contributed by atoms with Crippen LogP contribution in [0.15, 0.2) is 12.1 Å². The van der Waals surface area contributed by atoms with Crippen LogP contribution in [-0.4, -0.2) is 55.7 Å². The van der Waals surface area contributed by atoms with Crippen molar-refractivity contribution in [1.82, 2.24) is 10.6 Å². The molecular formula is C24H30N2O8. The standard InChI is InChI=1S/C24H30N2O8/c1-32-13-9-14(16(22(29)34-3)15(10-13)33-2)19-17-18(21(28)25-20(17)27)24(26-19,23(30)31)11-12-7-5-4-6-8-12/h9-10,12,17-19,26H,4-8,11H2,1-3H3,(H,30,31)(H,25,27,28). The summed E-state index contributed by atoms with van der Waals surface area (Å²) in [5, 5.41) is 15.9. The number of carboxylic acid groups (broad SMARTS) is 1. The zero-order valence-electron chi connectivity index (χ0n) is 19.5. The van der Waals surface area contributed by atoms with Crippen molar-refractivity contribution in [2.24, 2.45) is 17.8 Å². The number of ether oxygens (including phenoxy) is 3. The normalized spacial score (nSPS) is 28.9. The number of carbonyl (C=O) groups is 4. The average molecular weight is 475 g/mol. The highest BCUT2D eigenvalue weighted by molar-refractivity contribution is 6.09. The molecule has 10 heteroatoms. The van der Waals surface area contributed by atoms with Gasteiger partial charge in [-0.2, -0.15) is 0 Å². The van der Waals surface area contributed by atoms with E-state index in [2.05, 4.69) is 10.6 Å². The molecule has 4 atom stereocenters. The Morgan fingerprint density at radius 3 is 2.35 bits per heavy atom. The Hall–Kier alpha value is -3.14. The molecule has 0 bridgehead atoms. The highest BCUT2D eigenvalue weighted by Gasteiger charge is 2.67. The van der Waals surface area contributed by atoms with E-state index in [1.807, 2.05) is 0 Å². The van der Waals surface area contributed by atoms with E-state index in [4.69, 9.17) is 14.2 Å². The maximum Gasteiger partial charge on any atom is 0.341 e. The molecule has 34 heavy (non-hydrogen) atoms. The van der Waals surface area contributed by atoms with E-state index in [9.17, 15) is 24.3 Å². The fraction of sp³-hybridized carbons (Fsp3) is 0.583. The van der Waals surface area contributed by atoms with Gasteiger partial charge >= 0.3 is 11.9 Å². The average Bonchev–Trinajstić information content (AvgIpc) is 3.34. The van der Waals surface area contributed by atoms with Crippen molar-refractivity contribution in [3.8, 4) is 11.5 Å².